The van der Waals surface area contributed by atoms with Gasteiger partial charge in [0.1, 0.15) is 11.9 Å². The number of aromatic nitrogens is 1. The molecule has 1 amide bonds. The highest BCUT2D eigenvalue weighted by molar-refractivity contribution is 5.70. The summed E-state index contributed by atoms with van der Waals surface area (Å²) in [6, 6.07) is 9.94. The van der Waals surface area contributed by atoms with Gasteiger partial charge in [0.05, 0.1) is 19.3 Å². The fourth-order valence-electron chi connectivity index (χ4n) is 5.58. The number of carbonyl (C=O) groups excluding carboxylic acids is 1. The number of nitrogens with one attached hydrogen (secondary N) is 1. The van der Waals surface area contributed by atoms with Gasteiger partial charge in [-0.2, -0.15) is 0 Å². The van der Waals surface area contributed by atoms with Gasteiger partial charge in [-0.1, -0.05) is 26.0 Å². The summed E-state index contributed by atoms with van der Waals surface area (Å²) in [6.07, 6.45) is 6.27. The summed E-state index contributed by atoms with van der Waals surface area (Å²) in [5, 5.41) is 3.18. The molecule has 35 heavy (non-hydrogen) atoms. The number of piperidine rings is 3. The normalized spacial score (nSPS) is 28.5. The molecule has 7 nitrogen and oxygen atoms in total. The molecule has 0 spiro atoms. The predicted molar refractivity (Wildman–Crippen MR) is 132 cm³/mol. The van der Waals surface area contributed by atoms with Crippen molar-refractivity contribution in [3.63, 3.8) is 0 Å². The van der Waals surface area contributed by atoms with Gasteiger partial charge in [-0.05, 0) is 68.3 Å². The van der Waals surface area contributed by atoms with Crippen LogP contribution in [0, 0.1) is 17.3 Å². The number of hydrogen-bond donors (Lipinski definition) is 1. The second kappa shape index (κ2) is 9.01. The molecule has 1 unspecified atom stereocenters. The number of carbonyl (C=O) groups is 1. The molecule has 5 heterocycles. The van der Waals surface area contributed by atoms with Crippen LogP contribution in [0.1, 0.15) is 51.1 Å². The topological polar surface area (TPSA) is 72.9 Å². The quantitative estimate of drug-likeness (QED) is 0.643. The maximum absolute atomic E-state index is 13.0. The van der Waals surface area contributed by atoms with Crippen LogP contribution in [-0.4, -0.2) is 54.9 Å². The lowest BCUT2D eigenvalue weighted by Gasteiger charge is -2.44. The molecule has 2 atom stereocenters. The Balaban J connectivity index is 1.16. The zero-order chi connectivity index (χ0) is 24.0. The van der Waals surface area contributed by atoms with E-state index in [-0.39, 0.29) is 23.7 Å². The van der Waals surface area contributed by atoms with E-state index >= 15 is 0 Å². The molecule has 7 heteroatoms. The van der Waals surface area contributed by atoms with E-state index in [2.05, 4.69) is 41.2 Å². The van der Waals surface area contributed by atoms with E-state index in [4.69, 9.17) is 14.2 Å². The Hall–Kier alpha value is -2.80. The molecule has 4 fully saturated rings. The Kier molecular flexibility index (Phi) is 5.83. The number of amides is 1. The van der Waals surface area contributed by atoms with Gasteiger partial charge in [0.15, 0.2) is 0 Å². The Bertz CT molecular complexity index is 1070. The highest BCUT2D eigenvalue weighted by Gasteiger charge is 2.41. The van der Waals surface area contributed by atoms with Crippen molar-refractivity contribution in [3.8, 4) is 22.8 Å². The molecule has 2 bridgehead atoms. The summed E-state index contributed by atoms with van der Waals surface area (Å²) in [7, 11) is 0. The first-order valence-corrected chi connectivity index (χ1v) is 13.0. The lowest BCUT2D eigenvalue weighted by Crippen LogP contribution is -2.53. The summed E-state index contributed by atoms with van der Waals surface area (Å²) >= 11 is 0. The number of fused-ring (bicyclic) bond motifs is 4. The first kappa shape index (κ1) is 22.7. The van der Waals surface area contributed by atoms with Crippen molar-refractivity contribution in [3.05, 3.63) is 42.1 Å². The maximum atomic E-state index is 13.0. The number of nitrogens with zero attached hydrogens (tertiary/aromatic N) is 2. The molecule has 1 N–H and O–H groups in total. The Morgan fingerprint density at radius 1 is 1.14 bits per heavy atom. The van der Waals surface area contributed by atoms with E-state index in [9.17, 15) is 4.79 Å². The van der Waals surface area contributed by atoms with Crippen molar-refractivity contribution in [2.45, 2.75) is 51.7 Å². The zero-order valence-corrected chi connectivity index (χ0v) is 20.7. The third-order valence-electron chi connectivity index (χ3n) is 8.06. The number of benzene rings is 1. The number of pyridine rings is 1. The molecule has 4 aliphatic heterocycles. The van der Waals surface area contributed by atoms with Gasteiger partial charge in [0.25, 0.3) is 0 Å². The van der Waals surface area contributed by atoms with Crippen molar-refractivity contribution in [2.75, 3.05) is 32.8 Å². The van der Waals surface area contributed by atoms with Crippen molar-refractivity contribution in [2.24, 2.45) is 17.3 Å². The van der Waals surface area contributed by atoms with E-state index in [1.54, 1.807) is 0 Å². The monoisotopic (exact) mass is 477 g/mol. The Morgan fingerprint density at radius 3 is 2.63 bits per heavy atom. The average Bonchev–Trinajstić information content (AvgIpc) is 3.70. The van der Waals surface area contributed by atoms with E-state index in [1.165, 1.54) is 12.8 Å². The molecule has 3 saturated heterocycles. The third-order valence-corrected chi connectivity index (χ3v) is 8.06. The third kappa shape index (κ3) is 4.83. The number of rotatable bonds is 6. The smallest absolute Gasteiger partial charge is 0.407 e. The van der Waals surface area contributed by atoms with Crippen molar-refractivity contribution >= 4 is 6.09 Å². The average molecular weight is 478 g/mol. The summed E-state index contributed by atoms with van der Waals surface area (Å²) in [5.74, 6) is 2.65. The largest absolute Gasteiger partial charge is 0.493 e. The van der Waals surface area contributed by atoms with Gasteiger partial charge in [-0.25, -0.2) is 9.78 Å². The SMILES string of the molecule is CC1(C)COc2cc(-c3ccc(OCC4CC4)nc3)ccc2C1NC(=O)O[C@H]1CN2CCC1CC2. The summed E-state index contributed by atoms with van der Waals surface area (Å²) in [5.41, 5.74) is 2.75. The minimum atomic E-state index is -0.329. The fourth-order valence-corrected chi connectivity index (χ4v) is 5.58. The maximum Gasteiger partial charge on any atom is 0.407 e. The van der Waals surface area contributed by atoms with E-state index in [0.29, 0.717) is 24.3 Å². The van der Waals surface area contributed by atoms with Crippen LogP contribution < -0.4 is 14.8 Å². The molecular weight excluding hydrogens is 442 g/mol. The van der Waals surface area contributed by atoms with Crippen LogP contribution in [0.4, 0.5) is 4.79 Å². The first-order chi connectivity index (χ1) is 16.9. The van der Waals surface area contributed by atoms with Crippen LogP contribution in [0.3, 0.4) is 0 Å². The van der Waals surface area contributed by atoms with Crippen molar-refractivity contribution < 1.29 is 19.0 Å². The second-order valence-electron chi connectivity index (χ2n) is 11.3. The fraction of sp³-hybridized carbons (Fsp3) is 0.571. The predicted octanol–water partition coefficient (Wildman–Crippen LogP) is 4.82. The highest BCUT2D eigenvalue weighted by atomic mass is 16.6. The molecule has 0 radical (unpaired) electrons. The van der Waals surface area contributed by atoms with E-state index < -0.39 is 0 Å². The van der Waals surface area contributed by atoms with Crippen LogP contribution in [0.2, 0.25) is 0 Å². The molecule has 1 saturated carbocycles. The minimum Gasteiger partial charge on any atom is -0.493 e. The number of ether oxygens (including phenoxy) is 3. The zero-order valence-electron chi connectivity index (χ0n) is 20.7. The number of alkyl carbamates (subject to hydrolysis) is 1. The first-order valence-electron chi connectivity index (χ1n) is 13.0. The molecule has 2 aromatic rings. The lowest BCUT2D eigenvalue weighted by atomic mass is 9.78. The van der Waals surface area contributed by atoms with Crippen LogP contribution in [-0.2, 0) is 4.74 Å². The van der Waals surface area contributed by atoms with Crippen LogP contribution in [0.25, 0.3) is 11.1 Å². The lowest BCUT2D eigenvalue weighted by molar-refractivity contribution is -0.0361. The van der Waals surface area contributed by atoms with Gasteiger partial charge < -0.3 is 19.5 Å². The molecule has 1 aromatic heterocycles. The standard InChI is InChI=1S/C28H35N3O4/c1-28(2)17-34-23-13-20(21-6-8-25(29-14-21)33-16-18-3-4-18)5-7-22(23)26(28)30-27(32)35-24-15-31-11-9-19(24)10-12-31/h5-8,13-14,18-19,24,26H,3-4,9-12,15-17H2,1-2H3,(H,30,32)/t24-,26?/m0/s1. The summed E-state index contributed by atoms with van der Waals surface area (Å²) < 4.78 is 17.8. The van der Waals surface area contributed by atoms with Gasteiger partial charge in [-0.3, -0.25) is 4.90 Å². The van der Waals surface area contributed by atoms with E-state index in [0.717, 1.165) is 61.5 Å². The summed E-state index contributed by atoms with van der Waals surface area (Å²) in [6.45, 7) is 8.61. The molecule has 186 valence electrons. The van der Waals surface area contributed by atoms with Crippen LogP contribution in [0.15, 0.2) is 36.5 Å². The number of hydrogen-bond acceptors (Lipinski definition) is 6. The Morgan fingerprint density at radius 2 is 1.94 bits per heavy atom. The van der Waals surface area contributed by atoms with Crippen molar-refractivity contribution in [1.29, 1.82) is 0 Å². The summed E-state index contributed by atoms with van der Waals surface area (Å²) in [4.78, 5) is 19.8. The van der Waals surface area contributed by atoms with Gasteiger partial charge in [-0.15, -0.1) is 0 Å². The molecule has 5 aliphatic rings. The minimum absolute atomic E-state index is 0.00831. The molecular formula is C28H35N3O4. The van der Waals surface area contributed by atoms with Gasteiger partial charge in [0, 0.05) is 35.3 Å². The highest BCUT2D eigenvalue weighted by Crippen LogP contribution is 2.44. The molecule has 1 aliphatic carbocycles. The Labute approximate surface area is 207 Å². The van der Waals surface area contributed by atoms with Crippen molar-refractivity contribution in [1.82, 2.24) is 15.2 Å². The molecule has 1 aromatic carbocycles. The van der Waals surface area contributed by atoms with Gasteiger partial charge in [0.2, 0.25) is 5.88 Å². The van der Waals surface area contributed by atoms with Gasteiger partial charge >= 0.3 is 6.09 Å². The van der Waals surface area contributed by atoms with Crippen LogP contribution >= 0.6 is 0 Å². The van der Waals surface area contributed by atoms with E-state index in [1.807, 2.05) is 24.4 Å². The second-order valence-corrected chi connectivity index (χ2v) is 11.3. The van der Waals surface area contributed by atoms with Crippen LogP contribution in [0.5, 0.6) is 11.6 Å². The molecule has 7 rings (SSSR count).